The second-order valence-corrected chi connectivity index (χ2v) is 4.31. The molecule has 0 fully saturated rings. The van der Waals surface area contributed by atoms with E-state index in [1.807, 2.05) is 6.92 Å². The molecule has 96 valence electrons. The molecule has 2 rings (SSSR count). The van der Waals surface area contributed by atoms with Crippen molar-refractivity contribution in [3.63, 3.8) is 0 Å². The van der Waals surface area contributed by atoms with Gasteiger partial charge in [0.15, 0.2) is 0 Å². The summed E-state index contributed by atoms with van der Waals surface area (Å²) in [6, 6.07) is 4.36. The fraction of sp³-hybridized carbons (Fsp3) is 0.333. The summed E-state index contributed by atoms with van der Waals surface area (Å²) in [5.41, 5.74) is 2.00. The van der Waals surface area contributed by atoms with E-state index in [1.54, 1.807) is 10.7 Å². The molecule has 0 aliphatic heterocycles. The Labute approximate surface area is 109 Å². The summed E-state index contributed by atoms with van der Waals surface area (Å²) < 4.78 is 14.7. The van der Waals surface area contributed by atoms with Crippen molar-refractivity contribution in [3.8, 4) is 5.69 Å². The number of rotatable bonds is 4. The highest BCUT2D eigenvalue weighted by molar-refractivity contribution is 6.30. The highest BCUT2D eigenvalue weighted by Crippen LogP contribution is 2.21. The van der Waals surface area contributed by atoms with Gasteiger partial charge in [-0.05, 0) is 24.6 Å². The SMILES string of the molecule is CCCc1c(CO)nnn1-c1ccc(F)c(Cl)c1. The molecule has 1 aromatic carbocycles. The number of aromatic nitrogens is 3. The molecule has 18 heavy (non-hydrogen) atoms. The first-order valence-corrected chi connectivity index (χ1v) is 6.05. The summed E-state index contributed by atoms with van der Waals surface area (Å²) in [6.07, 6.45) is 1.63. The lowest BCUT2D eigenvalue weighted by Gasteiger charge is -2.07. The topological polar surface area (TPSA) is 50.9 Å². The molecule has 0 saturated carbocycles. The molecule has 0 spiro atoms. The third-order valence-electron chi connectivity index (χ3n) is 2.63. The monoisotopic (exact) mass is 269 g/mol. The Bertz CT molecular complexity index is 556. The van der Waals surface area contributed by atoms with Gasteiger partial charge in [0.1, 0.15) is 11.5 Å². The third kappa shape index (κ3) is 2.37. The molecule has 6 heteroatoms. The largest absolute Gasteiger partial charge is 0.390 e. The van der Waals surface area contributed by atoms with Crippen LogP contribution in [0.25, 0.3) is 5.69 Å². The molecule has 0 radical (unpaired) electrons. The van der Waals surface area contributed by atoms with Gasteiger partial charge in [-0.3, -0.25) is 0 Å². The Morgan fingerprint density at radius 1 is 1.44 bits per heavy atom. The van der Waals surface area contributed by atoms with E-state index in [-0.39, 0.29) is 11.6 Å². The average Bonchev–Trinajstić information content (AvgIpc) is 2.76. The van der Waals surface area contributed by atoms with Crippen LogP contribution in [-0.4, -0.2) is 20.1 Å². The Balaban J connectivity index is 2.49. The van der Waals surface area contributed by atoms with Crippen LogP contribution in [0.3, 0.4) is 0 Å². The van der Waals surface area contributed by atoms with Crippen LogP contribution in [0, 0.1) is 5.82 Å². The second-order valence-electron chi connectivity index (χ2n) is 3.90. The molecular weight excluding hydrogens is 257 g/mol. The number of hydrogen-bond donors (Lipinski definition) is 1. The quantitative estimate of drug-likeness (QED) is 0.928. The molecule has 1 heterocycles. The van der Waals surface area contributed by atoms with E-state index in [9.17, 15) is 9.50 Å². The Morgan fingerprint density at radius 2 is 2.22 bits per heavy atom. The van der Waals surface area contributed by atoms with Crippen molar-refractivity contribution in [1.29, 1.82) is 0 Å². The second kappa shape index (κ2) is 5.46. The molecule has 0 unspecified atom stereocenters. The molecule has 0 aliphatic rings. The van der Waals surface area contributed by atoms with Crippen molar-refractivity contribution in [2.45, 2.75) is 26.4 Å². The molecular formula is C12H13ClFN3O. The lowest BCUT2D eigenvalue weighted by Crippen LogP contribution is -2.04. The zero-order valence-corrected chi connectivity index (χ0v) is 10.7. The minimum atomic E-state index is -0.472. The van der Waals surface area contributed by atoms with Gasteiger partial charge >= 0.3 is 0 Å². The highest BCUT2D eigenvalue weighted by atomic mass is 35.5. The summed E-state index contributed by atoms with van der Waals surface area (Å²) in [4.78, 5) is 0. The van der Waals surface area contributed by atoms with E-state index in [2.05, 4.69) is 10.3 Å². The average molecular weight is 270 g/mol. The van der Waals surface area contributed by atoms with E-state index in [4.69, 9.17) is 11.6 Å². The van der Waals surface area contributed by atoms with Crippen LogP contribution in [0.5, 0.6) is 0 Å². The Kier molecular flexibility index (Phi) is 3.93. The van der Waals surface area contributed by atoms with E-state index < -0.39 is 5.82 Å². The molecule has 4 nitrogen and oxygen atoms in total. The van der Waals surface area contributed by atoms with E-state index in [0.717, 1.165) is 18.5 Å². The lowest BCUT2D eigenvalue weighted by atomic mass is 10.2. The molecule has 2 aromatic rings. The maximum atomic E-state index is 13.1. The summed E-state index contributed by atoms with van der Waals surface area (Å²) in [5.74, 6) is -0.472. The summed E-state index contributed by atoms with van der Waals surface area (Å²) in [6.45, 7) is 1.86. The van der Waals surface area contributed by atoms with Gasteiger partial charge in [0.25, 0.3) is 0 Å². The molecule has 0 amide bonds. The van der Waals surface area contributed by atoms with Crippen LogP contribution in [0.2, 0.25) is 5.02 Å². The number of aliphatic hydroxyl groups excluding tert-OH is 1. The van der Waals surface area contributed by atoms with Gasteiger partial charge in [-0.25, -0.2) is 9.07 Å². The highest BCUT2D eigenvalue weighted by Gasteiger charge is 2.13. The number of benzene rings is 1. The summed E-state index contributed by atoms with van der Waals surface area (Å²) in [5, 5.41) is 17.1. The van der Waals surface area contributed by atoms with Gasteiger partial charge in [0, 0.05) is 0 Å². The van der Waals surface area contributed by atoms with Crippen molar-refractivity contribution >= 4 is 11.6 Å². The van der Waals surface area contributed by atoms with E-state index in [0.29, 0.717) is 11.4 Å². The van der Waals surface area contributed by atoms with Crippen molar-refractivity contribution in [1.82, 2.24) is 15.0 Å². The van der Waals surface area contributed by atoms with Crippen molar-refractivity contribution in [2.75, 3.05) is 0 Å². The molecule has 1 aromatic heterocycles. The van der Waals surface area contributed by atoms with E-state index >= 15 is 0 Å². The summed E-state index contributed by atoms with van der Waals surface area (Å²) >= 11 is 5.75. The molecule has 1 N–H and O–H groups in total. The number of hydrogen-bond acceptors (Lipinski definition) is 3. The van der Waals surface area contributed by atoms with Gasteiger partial charge in [0.2, 0.25) is 0 Å². The third-order valence-corrected chi connectivity index (χ3v) is 2.92. The number of halogens is 2. The minimum absolute atomic E-state index is 0.0380. The number of nitrogens with zero attached hydrogens (tertiary/aromatic N) is 3. The zero-order valence-electron chi connectivity index (χ0n) is 9.90. The Hall–Kier alpha value is -1.46. The fourth-order valence-electron chi connectivity index (χ4n) is 1.77. The smallest absolute Gasteiger partial charge is 0.141 e. The predicted octanol–water partition coefficient (Wildman–Crippen LogP) is 2.50. The summed E-state index contributed by atoms with van der Waals surface area (Å²) in [7, 11) is 0. The van der Waals surface area contributed by atoms with Gasteiger partial charge in [-0.1, -0.05) is 30.2 Å². The first-order valence-electron chi connectivity index (χ1n) is 5.67. The standard InChI is InChI=1S/C12H13ClFN3O/c1-2-3-12-11(7-18)15-16-17(12)8-4-5-10(14)9(13)6-8/h4-6,18H,2-3,7H2,1H3. The Morgan fingerprint density at radius 3 is 2.83 bits per heavy atom. The van der Waals surface area contributed by atoms with Crippen LogP contribution in [0.1, 0.15) is 24.7 Å². The first kappa shape index (κ1) is 13.0. The number of aliphatic hydroxyl groups is 1. The van der Waals surface area contributed by atoms with Gasteiger partial charge in [0.05, 0.1) is 23.0 Å². The van der Waals surface area contributed by atoms with Gasteiger partial charge < -0.3 is 5.11 Å². The zero-order chi connectivity index (χ0) is 13.1. The van der Waals surface area contributed by atoms with Crippen LogP contribution in [0.15, 0.2) is 18.2 Å². The first-order chi connectivity index (χ1) is 8.67. The van der Waals surface area contributed by atoms with Crippen molar-refractivity contribution in [3.05, 3.63) is 40.4 Å². The minimum Gasteiger partial charge on any atom is -0.390 e. The van der Waals surface area contributed by atoms with E-state index in [1.165, 1.54) is 12.1 Å². The van der Waals surface area contributed by atoms with Crippen LogP contribution in [0.4, 0.5) is 4.39 Å². The van der Waals surface area contributed by atoms with Crippen LogP contribution in [-0.2, 0) is 13.0 Å². The maximum absolute atomic E-state index is 13.1. The van der Waals surface area contributed by atoms with Crippen LogP contribution >= 0.6 is 11.6 Å². The van der Waals surface area contributed by atoms with Gasteiger partial charge in [-0.15, -0.1) is 5.10 Å². The molecule has 0 saturated heterocycles. The normalized spacial score (nSPS) is 10.9. The predicted molar refractivity (Wildman–Crippen MR) is 66.2 cm³/mol. The molecule has 0 bridgehead atoms. The lowest BCUT2D eigenvalue weighted by molar-refractivity contribution is 0.275. The van der Waals surface area contributed by atoms with Crippen molar-refractivity contribution in [2.24, 2.45) is 0 Å². The fourth-order valence-corrected chi connectivity index (χ4v) is 1.94. The molecule has 0 aliphatic carbocycles. The molecule has 0 atom stereocenters. The van der Waals surface area contributed by atoms with Crippen molar-refractivity contribution < 1.29 is 9.50 Å². The van der Waals surface area contributed by atoms with Gasteiger partial charge in [-0.2, -0.15) is 0 Å². The van der Waals surface area contributed by atoms with Crippen LogP contribution < -0.4 is 0 Å². The maximum Gasteiger partial charge on any atom is 0.141 e.